The first-order chi connectivity index (χ1) is 5.65. The molecule has 3 heteroatoms. The van der Waals surface area contributed by atoms with Gasteiger partial charge in [0, 0.05) is 13.2 Å². The number of carbonyl (C=O) groups is 1. The highest BCUT2D eigenvalue weighted by Crippen LogP contribution is 2.47. The van der Waals surface area contributed by atoms with Gasteiger partial charge in [-0.15, -0.1) is 0 Å². The Morgan fingerprint density at radius 3 is 2.67 bits per heavy atom. The zero-order valence-corrected chi connectivity index (χ0v) is 7.37. The summed E-state index contributed by atoms with van der Waals surface area (Å²) in [5.74, 6) is 0.251. The highest BCUT2D eigenvalue weighted by Gasteiger charge is 2.50. The maximum atomic E-state index is 11.3. The zero-order chi connectivity index (χ0) is 8.77. The molecule has 1 heterocycles. The molecule has 0 bridgehead atoms. The minimum absolute atomic E-state index is 0.207. The van der Waals surface area contributed by atoms with Crippen LogP contribution in [0.1, 0.15) is 25.5 Å². The Morgan fingerprint density at radius 2 is 2.33 bits per heavy atom. The van der Waals surface area contributed by atoms with Gasteiger partial charge in [0.15, 0.2) is 0 Å². The monoisotopic (exact) mass is 164 g/mol. The molecular weight excluding hydrogens is 152 g/mol. The maximum absolute atomic E-state index is 11.3. The van der Waals surface area contributed by atoms with Crippen molar-refractivity contribution in [3.63, 3.8) is 0 Å². The maximum Gasteiger partial charge on any atom is 0.141 e. The van der Waals surface area contributed by atoms with Crippen molar-refractivity contribution < 1.29 is 4.79 Å². The van der Waals surface area contributed by atoms with Crippen molar-refractivity contribution >= 4 is 5.78 Å². The van der Waals surface area contributed by atoms with Crippen LogP contribution in [0, 0.1) is 0 Å². The zero-order valence-electron chi connectivity index (χ0n) is 7.37. The fourth-order valence-corrected chi connectivity index (χ4v) is 1.58. The Morgan fingerprint density at radius 1 is 1.67 bits per heavy atom. The first-order valence-electron chi connectivity index (χ1n) is 4.16. The van der Waals surface area contributed by atoms with Crippen LogP contribution in [0.2, 0.25) is 0 Å². The van der Waals surface area contributed by atoms with Crippen LogP contribution in [0.15, 0.2) is 12.3 Å². The summed E-state index contributed by atoms with van der Waals surface area (Å²) in [7, 11) is 1.87. The Hall–Kier alpha value is -1.12. The van der Waals surface area contributed by atoms with Gasteiger partial charge in [-0.25, -0.2) is 0 Å². The highest BCUT2D eigenvalue weighted by atomic mass is 16.1. The summed E-state index contributed by atoms with van der Waals surface area (Å²) in [5.41, 5.74) is 0.735. The molecule has 1 aromatic rings. The van der Waals surface area contributed by atoms with E-state index in [1.165, 1.54) is 0 Å². The van der Waals surface area contributed by atoms with E-state index in [1.807, 2.05) is 19.3 Å². The number of aryl methyl sites for hydroxylation is 1. The lowest BCUT2D eigenvalue weighted by Crippen LogP contribution is -2.17. The van der Waals surface area contributed by atoms with E-state index in [0.29, 0.717) is 0 Å². The number of nitrogens with zero attached hydrogens (tertiary/aromatic N) is 2. The number of rotatable bonds is 2. The fourth-order valence-electron chi connectivity index (χ4n) is 1.58. The molecule has 0 aliphatic heterocycles. The molecule has 3 nitrogen and oxygen atoms in total. The lowest BCUT2D eigenvalue weighted by atomic mass is 9.98. The molecular formula is C9H12N2O. The van der Waals surface area contributed by atoms with Crippen LogP contribution in [0.25, 0.3) is 0 Å². The van der Waals surface area contributed by atoms with Gasteiger partial charge in [-0.1, -0.05) is 0 Å². The van der Waals surface area contributed by atoms with Gasteiger partial charge in [0.1, 0.15) is 5.78 Å². The summed E-state index contributed by atoms with van der Waals surface area (Å²) in [6.07, 6.45) is 3.83. The van der Waals surface area contributed by atoms with Crippen molar-refractivity contribution in [3.05, 3.63) is 18.0 Å². The third-order valence-electron chi connectivity index (χ3n) is 2.63. The first-order valence-corrected chi connectivity index (χ1v) is 4.16. The number of ketones is 1. The fraction of sp³-hybridized carbons (Fsp3) is 0.556. The summed E-state index contributed by atoms with van der Waals surface area (Å²) < 4.78 is 1.75. The second-order valence-corrected chi connectivity index (χ2v) is 3.51. The summed E-state index contributed by atoms with van der Waals surface area (Å²) in [5, 5.41) is 4.26. The molecule has 0 amide bonds. The molecule has 2 rings (SSSR count). The van der Waals surface area contributed by atoms with Crippen LogP contribution in [0.3, 0.4) is 0 Å². The molecule has 64 valence electrons. The molecule has 0 spiro atoms. The van der Waals surface area contributed by atoms with Crippen molar-refractivity contribution in [2.75, 3.05) is 0 Å². The van der Waals surface area contributed by atoms with Gasteiger partial charge in [-0.3, -0.25) is 9.48 Å². The SMILES string of the molecule is CC(=O)C1(c2ccn(C)n2)CC1. The lowest BCUT2D eigenvalue weighted by Gasteiger charge is -2.05. The quantitative estimate of drug-likeness (QED) is 0.654. The molecule has 0 unspecified atom stereocenters. The topological polar surface area (TPSA) is 34.9 Å². The molecule has 0 aromatic carbocycles. The van der Waals surface area contributed by atoms with E-state index in [-0.39, 0.29) is 11.2 Å². The normalized spacial score (nSPS) is 19.2. The number of Topliss-reactive ketones (excluding diaryl/α,β-unsaturated/α-hetero) is 1. The van der Waals surface area contributed by atoms with Gasteiger partial charge in [-0.05, 0) is 25.8 Å². The number of aromatic nitrogens is 2. The average molecular weight is 164 g/mol. The summed E-state index contributed by atoms with van der Waals surface area (Å²) in [6.45, 7) is 1.65. The van der Waals surface area contributed by atoms with E-state index in [2.05, 4.69) is 5.10 Å². The largest absolute Gasteiger partial charge is 0.299 e. The minimum atomic E-state index is -0.207. The molecule has 0 radical (unpaired) electrons. The van der Waals surface area contributed by atoms with Crippen LogP contribution in [-0.4, -0.2) is 15.6 Å². The van der Waals surface area contributed by atoms with Crippen molar-refractivity contribution in [1.29, 1.82) is 0 Å². The second-order valence-electron chi connectivity index (χ2n) is 3.51. The van der Waals surface area contributed by atoms with Crippen LogP contribution in [-0.2, 0) is 17.3 Å². The summed E-state index contributed by atoms with van der Waals surface area (Å²) >= 11 is 0. The smallest absolute Gasteiger partial charge is 0.141 e. The number of hydrogen-bond acceptors (Lipinski definition) is 2. The molecule has 1 aromatic heterocycles. The first kappa shape index (κ1) is 7.53. The van der Waals surface area contributed by atoms with Crippen LogP contribution in [0.4, 0.5) is 0 Å². The van der Waals surface area contributed by atoms with Crippen molar-refractivity contribution in [1.82, 2.24) is 9.78 Å². The molecule has 1 aliphatic carbocycles. The molecule has 0 atom stereocenters. The molecule has 0 saturated heterocycles. The number of hydrogen-bond donors (Lipinski definition) is 0. The van der Waals surface area contributed by atoms with Crippen molar-refractivity contribution in [2.45, 2.75) is 25.2 Å². The van der Waals surface area contributed by atoms with Crippen LogP contribution in [0.5, 0.6) is 0 Å². The Kier molecular flexibility index (Phi) is 1.37. The molecule has 1 aliphatic rings. The molecule has 1 saturated carbocycles. The number of carbonyl (C=O) groups excluding carboxylic acids is 1. The summed E-state index contributed by atoms with van der Waals surface area (Å²) in [4.78, 5) is 11.3. The van der Waals surface area contributed by atoms with Gasteiger partial charge in [0.2, 0.25) is 0 Å². The lowest BCUT2D eigenvalue weighted by molar-refractivity contribution is -0.119. The van der Waals surface area contributed by atoms with Crippen molar-refractivity contribution in [3.8, 4) is 0 Å². The standard InChI is InChI=1S/C9H12N2O/c1-7(12)9(4-5-9)8-3-6-11(2)10-8/h3,6H,4-5H2,1-2H3. The van der Waals surface area contributed by atoms with E-state index < -0.39 is 0 Å². The minimum Gasteiger partial charge on any atom is -0.299 e. The molecule has 0 N–H and O–H groups in total. The van der Waals surface area contributed by atoms with E-state index in [9.17, 15) is 4.79 Å². The van der Waals surface area contributed by atoms with E-state index in [0.717, 1.165) is 18.5 Å². The summed E-state index contributed by atoms with van der Waals surface area (Å²) in [6, 6.07) is 1.94. The predicted octanol–water partition coefficient (Wildman–Crippen LogP) is 1.04. The van der Waals surface area contributed by atoms with Gasteiger partial charge in [0.25, 0.3) is 0 Å². The average Bonchev–Trinajstić information content (AvgIpc) is 2.71. The Labute approximate surface area is 71.4 Å². The van der Waals surface area contributed by atoms with Gasteiger partial charge in [0.05, 0.1) is 11.1 Å². The van der Waals surface area contributed by atoms with Crippen LogP contribution >= 0.6 is 0 Å². The van der Waals surface area contributed by atoms with E-state index >= 15 is 0 Å². The van der Waals surface area contributed by atoms with Gasteiger partial charge >= 0.3 is 0 Å². The predicted molar refractivity (Wildman–Crippen MR) is 44.8 cm³/mol. The highest BCUT2D eigenvalue weighted by molar-refractivity contribution is 5.90. The van der Waals surface area contributed by atoms with Crippen molar-refractivity contribution in [2.24, 2.45) is 7.05 Å². The third-order valence-corrected chi connectivity index (χ3v) is 2.63. The van der Waals surface area contributed by atoms with Gasteiger partial charge in [-0.2, -0.15) is 5.10 Å². The Balaban J connectivity index is 2.36. The Bertz CT molecular complexity index is 323. The third kappa shape index (κ3) is 0.891. The molecule has 1 fully saturated rings. The van der Waals surface area contributed by atoms with E-state index in [4.69, 9.17) is 0 Å². The van der Waals surface area contributed by atoms with E-state index in [1.54, 1.807) is 11.6 Å². The molecule has 12 heavy (non-hydrogen) atoms. The van der Waals surface area contributed by atoms with Gasteiger partial charge < -0.3 is 0 Å². The van der Waals surface area contributed by atoms with Crippen LogP contribution < -0.4 is 0 Å². The second kappa shape index (κ2) is 2.19.